The highest BCUT2D eigenvalue weighted by Gasteiger charge is 2.20. The van der Waals surface area contributed by atoms with Crippen LogP contribution in [0.1, 0.15) is 30.4 Å². The van der Waals surface area contributed by atoms with Gasteiger partial charge in [-0.15, -0.1) is 0 Å². The summed E-state index contributed by atoms with van der Waals surface area (Å²) in [7, 11) is 0. The molecule has 2 aliphatic heterocycles. The first-order valence-electron chi connectivity index (χ1n) is 8.41. The lowest BCUT2D eigenvalue weighted by atomic mass is 10.1. The molecule has 0 spiro atoms. The number of hydrogen-bond donors (Lipinski definition) is 0. The Balaban J connectivity index is 1.38. The largest absolute Gasteiger partial charge is 0.378 e. The number of nitrogens with zero attached hydrogens (tertiary/aromatic N) is 2. The topological polar surface area (TPSA) is 15.7 Å². The van der Waals surface area contributed by atoms with Gasteiger partial charge >= 0.3 is 0 Å². The zero-order valence-corrected chi connectivity index (χ0v) is 13.3. The van der Waals surface area contributed by atoms with Gasteiger partial charge in [0.2, 0.25) is 0 Å². The molecule has 3 nitrogen and oxygen atoms in total. The van der Waals surface area contributed by atoms with E-state index < -0.39 is 0 Å². The summed E-state index contributed by atoms with van der Waals surface area (Å²) in [4.78, 5) is 5.19. The Morgan fingerprint density at radius 3 is 2.67 bits per heavy atom. The third-order valence-corrected chi connectivity index (χ3v) is 4.74. The molecule has 2 aliphatic rings. The Labute approximate surface area is 128 Å². The van der Waals surface area contributed by atoms with Crippen LogP contribution in [0, 0.1) is 6.92 Å². The molecule has 21 heavy (non-hydrogen) atoms. The quantitative estimate of drug-likeness (QED) is 0.828. The summed E-state index contributed by atoms with van der Waals surface area (Å²) in [6.07, 6.45) is 4.29. The van der Waals surface area contributed by atoms with Crippen molar-refractivity contribution in [1.82, 2.24) is 9.80 Å². The molecule has 2 heterocycles. The standard InChI is InChI=1S/C18H28N2O/c1-16-4-2-5-17(14-16)15-20-11-9-19(10-12-20)8-7-18-6-3-13-21-18/h2,4-5,14,18H,3,6-13,15H2,1H3/t18-/m1/s1. The third-order valence-electron chi connectivity index (χ3n) is 4.74. The van der Waals surface area contributed by atoms with Crippen molar-refractivity contribution in [2.45, 2.75) is 38.8 Å². The van der Waals surface area contributed by atoms with Gasteiger partial charge in [0.05, 0.1) is 6.10 Å². The van der Waals surface area contributed by atoms with Crippen molar-refractivity contribution in [3.05, 3.63) is 35.4 Å². The van der Waals surface area contributed by atoms with Gasteiger partial charge in [-0.1, -0.05) is 29.8 Å². The average Bonchev–Trinajstić information content (AvgIpc) is 3.00. The lowest BCUT2D eigenvalue weighted by Gasteiger charge is -2.35. The summed E-state index contributed by atoms with van der Waals surface area (Å²) in [5, 5.41) is 0. The summed E-state index contributed by atoms with van der Waals surface area (Å²) < 4.78 is 5.72. The highest BCUT2D eigenvalue weighted by Crippen LogP contribution is 2.16. The van der Waals surface area contributed by atoms with Crippen molar-refractivity contribution in [3.63, 3.8) is 0 Å². The molecular weight excluding hydrogens is 260 g/mol. The molecule has 0 bridgehead atoms. The zero-order valence-electron chi connectivity index (χ0n) is 13.3. The van der Waals surface area contributed by atoms with Crippen molar-refractivity contribution < 1.29 is 4.74 Å². The van der Waals surface area contributed by atoms with E-state index in [4.69, 9.17) is 4.74 Å². The summed E-state index contributed by atoms with van der Waals surface area (Å²) in [5.74, 6) is 0. The minimum Gasteiger partial charge on any atom is -0.378 e. The van der Waals surface area contributed by atoms with E-state index >= 15 is 0 Å². The molecule has 1 aromatic carbocycles. The van der Waals surface area contributed by atoms with Crippen LogP contribution in [0.15, 0.2) is 24.3 Å². The molecule has 1 atom stereocenters. The van der Waals surface area contributed by atoms with Crippen LogP contribution in [0.25, 0.3) is 0 Å². The van der Waals surface area contributed by atoms with Gasteiger partial charge in [0.15, 0.2) is 0 Å². The molecule has 0 radical (unpaired) electrons. The smallest absolute Gasteiger partial charge is 0.0588 e. The van der Waals surface area contributed by atoms with Crippen LogP contribution in [0.3, 0.4) is 0 Å². The van der Waals surface area contributed by atoms with Crippen molar-refractivity contribution in [2.24, 2.45) is 0 Å². The highest BCUT2D eigenvalue weighted by atomic mass is 16.5. The van der Waals surface area contributed by atoms with Gasteiger partial charge in [-0.3, -0.25) is 4.90 Å². The second-order valence-electron chi connectivity index (χ2n) is 6.53. The van der Waals surface area contributed by atoms with Crippen molar-refractivity contribution >= 4 is 0 Å². The monoisotopic (exact) mass is 288 g/mol. The van der Waals surface area contributed by atoms with Crippen LogP contribution in [0.5, 0.6) is 0 Å². The zero-order chi connectivity index (χ0) is 14.5. The summed E-state index contributed by atoms with van der Waals surface area (Å²) in [6.45, 7) is 10.3. The van der Waals surface area contributed by atoms with E-state index in [0.717, 1.165) is 13.2 Å². The first-order valence-corrected chi connectivity index (χ1v) is 8.41. The van der Waals surface area contributed by atoms with E-state index in [1.165, 1.54) is 63.1 Å². The lowest BCUT2D eigenvalue weighted by molar-refractivity contribution is 0.0762. The Kier molecular flexibility index (Phi) is 5.28. The first-order chi connectivity index (χ1) is 10.3. The Morgan fingerprint density at radius 1 is 1.14 bits per heavy atom. The maximum Gasteiger partial charge on any atom is 0.0588 e. The number of hydrogen-bond acceptors (Lipinski definition) is 3. The Bertz CT molecular complexity index is 435. The minimum absolute atomic E-state index is 0.537. The molecule has 116 valence electrons. The van der Waals surface area contributed by atoms with Gasteiger partial charge in [-0.25, -0.2) is 0 Å². The normalized spacial score (nSPS) is 24.5. The Morgan fingerprint density at radius 2 is 1.95 bits per heavy atom. The van der Waals surface area contributed by atoms with E-state index in [2.05, 4.69) is 41.0 Å². The maximum absolute atomic E-state index is 5.72. The van der Waals surface area contributed by atoms with E-state index in [-0.39, 0.29) is 0 Å². The van der Waals surface area contributed by atoms with E-state index in [0.29, 0.717) is 6.10 Å². The molecule has 3 heteroatoms. The predicted octanol–water partition coefficient (Wildman–Crippen LogP) is 2.68. The number of aryl methyl sites for hydroxylation is 1. The second-order valence-corrected chi connectivity index (χ2v) is 6.53. The molecule has 0 N–H and O–H groups in total. The van der Waals surface area contributed by atoms with E-state index in [9.17, 15) is 0 Å². The van der Waals surface area contributed by atoms with Crippen molar-refractivity contribution in [3.8, 4) is 0 Å². The molecule has 3 rings (SSSR count). The van der Waals surface area contributed by atoms with Gasteiger partial charge in [-0.05, 0) is 31.7 Å². The summed E-state index contributed by atoms with van der Waals surface area (Å²) >= 11 is 0. The third kappa shape index (κ3) is 4.53. The maximum atomic E-state index is 5.72. The molecule has 0 saturated carbocycles. The number of benzene rings is 1. The number of rotatable bonds is 5. The van der Waals surface area contributed by atoms with Crippen molar-refractivity contribution in [1.29, 1.82) is 0 Å². The van der Waals surface area contributed by atoms with Crippen LogP contribution in [-0.2, 0) is 11.3 Å². The molecule has 2 saturated heterocycles. The minimum atomic E-state index is 0.537. The van der Waals surface area contributed by atoms with Gasteiger partial charge in [0.25, 0.3) is 0 Å². The number of piperazine rings is 1. The van der Waals surface area contributed by atoms with Crippen LogP contribution >= 0.6 is 0 Å². The fourth-order valence-electron chi connectivity index (χ4n) is 3.44. The van der Waals surface area contributed by atoms with Gasteiger partial charge in [0, 0.05) is 45.9 Å². The Hall–Kier alpha value is -0.900. The predicted molar refractivity (Wildman–Crippen MR) is 86.5 cm³/mol. The van der Waals surface area contributed by atoms with Gasteiger partial charge < -0.3 is 9.64 Å². The number of ether oxygens (including phenoxy) is 1. The van der Waals surface area contributed by atoms with Crippen LogP contribution in [-0.4, -0.2) is 55.2 Å². The first kappa shape index (κ1) is 15.0. The highest BCUT2D eigenvalue weighted by molar-refractivity contribution is 5.22. The van der Waals surface area contributed by atoms with E-state index in [1.807, 2.05) is 0 Å². The van der Waals surface area contributed by atoms with Gasteiger partial charge in [0.1, 0.15) is 0 Å². The molecule has 0 aliphatic carbocycles. The molecule has 0 unspecified atom stereocenters. The molecule has 2 fully saturated rings. The second kappa shape index (κ2) is 7.39. The summed E-state index contributed by atoms with van der Waals surface area (Å²) in [6, 6.07) is 8.90. The summed E-state index contributed by atoms with van der Waals surface area (Å²) in [5.41, 5.74) is 2.81. The van der Waals surface area contributed by atoms with Crippen LogP contribution < -0.4 is 0 Å². The molecular formula is C18H28N2O. The van der Waals surface area contributed by atoms with Crippen LogP contribution in [0.2, 0.25) is 0 Å². The van der Waals surface area contributed by atoms with E-state index in [1.54, 1.807) is 0 Å². The van der Waals surface area contributed by atoms with Gasteiger partial charge in [-0.2, -0.15) is 0 Å². The fourth-order valence-corrected chi connectivity index (χ4v) is 3.44. The fraction of sp³-hybridized carbons (Fsp3) is 0.667. The SMILES string of the molecule is Cc1cccc(CN2CCN(CC[C@H]3CCCO3)CC2)c1. The average molecular weight is 288 g/mol. The lowest BCUT2D eigenvalue weighted by Crippen LogP contribution is -2.46. The molecule has 0 aromatic heterocycles. The van der Waals surface area contributed by atoms with Crippen molar-refractivity contribution in [2.75, 3.05) is 39.3 Å². The molecule has 1 aromatic rings. The molecule has 0 amide bonds. The van der Waals surface area contributed by atoms with Crippen LogP contribution in [0.4, 0.5) is 0 Å².